The molecule has 0 aliphatic rings. The van der Waals surface area contributed by atoms with Crippen molar-refractivity contribution in [2.24, 2.45) is 0 Å². The molecule has 1 aromatic carbocycles. The lowest BCUT2D eigenvalue weighted by molar-refractivity contribution is -0.137. The third-order valence-electron chi connectivity index (χ3n) is 2.96. The molecule has 0 saturated carbocycles. The third-order valence-corrected chi connectivity index (χ3v) is 4.07. The van der Waals surface area contributed by atoms with Crippen LogP contribution in [-0.4, -0.2) is 11.5 Å². The first kappa shape index (κ1) is 15.0. The number of hydrogen-bond donors (Lipinski definition) is 1. The lowest BCUT2D eigenvalue weighted by Gasteiger charge is -2.18. The second kappa shape index (κ2) is 5.93. The predicted molar refractivity (Wildman–Crippen MR) is 73.8 cm³/mol. The van der Waals surface area contributed by atoms with Crippen molar-refractivity contribution in [3.8, 4) is 0 Å². The lowest BCUT2D eigenvalue weighted by Crippen LogP contribution is -2.21. The zero-order chi connectivity index (χ0) is 14.8. The van der Waals surface area contributed by atoms with Crippen LogP contribution in [0.2, 0.25) is 0 Å². The second-order valence-corrected chi connectivity index (χ2v) is 5.48. The minimum absolute atomic E-state index is 0.255. The van der Waals surface area contributed by atoms with E-state index >= 15 is 0 Å². The maximum atomic E-state index is 12.7. The summed E-state index contributed by atoms with van der Waals surface area (Å²) in [7, 11) is 0. The molecule has 0 saturated heterocycles. The van der Waals surface area contributed by atoms with Crippen LogP contribution < -0.4 is 5.32 Å². The van der Waals surface area contributed by atoms with Gasteiger partial charge < -0.3 is 5.32 Å². The highest BCUT2D eigenvalue weighted by Gasteiger charge is 2.35. The van der Waals surface area contributed by atoms with Crippen LogP contribution in [0.5, 0.6) is 0 Å². The molecule has 108 valence electrons. The van der Waals surface area contributed by atoms with Gasteiger partial charge in [0, 0.05) is 11.1 Å². The molecule has 2 nitrogen and oxygen atoms in total. The zero-order valence-corrected chi connectivity index (χ0v) is 12.0. The molecule has 1 heterocycles. The van der Waals surface area contributed by atoms with E-state index in [-0.39, 0.29) is 6.04 Å². The highest BCUT2D eigenvalue weighted by atomic mass is 32.1. The Bertz CT molecular complexity index is 578. The van der Waals surface area contributed by atoms with Crippen LogP contribution in [0.25, 0.3) is 0 Å². The molecule has 1 atom stereocenters. The Hall–Kier alpha value is -1.40. The predicted octanol–water partition coefficient (Wildman–Crippen LogP) is 4.17. The molecule has 0 amide bonds. The fraction of sp³-hybridized carbons (Fsp3) is 0.357. The van der Waals surface area contributed by atoms with Crippen LogP contribution >= 0.6 is 11.3 Å². The summed E-state index contributed by atoms with van der Waals surface area (Å²) in [6.07, 6.45) is -3.07. The average Bonchev–Trinajstić information content (AvgIpc) is 2.86. The van der Waals surface area contributed by atoms with Gasteiger partial charge in [-0.2, -0.15) is 13.2 Å². The van der Waals surface area contributed by atoms with Crippen LogP contribution in [0.1, 0.15) is 34.0 Å². The van der Waals surface area contributed by atoms with Crippen molar-refractivity contribution >= 4 is 11.3 Å². The molecule has 0 aliphatic heterocycles. The van der Waals surface area contributed by atoms with Gasteiger partial charge in [0.1, 0.15) is 0 Å². The quantitative estimate of drug-likeness (QED) is 0.916. The van der Waals surface area contributed by atoms with Crippen molar-refractivity contribution in [1.82, 2.24) is 10.3 Å². The van der Waals surface area contributed by atoms with Crippen LogP contribution in [-0.2, 0) is 6.18 Å². The van der Waals surface area contributed by atoms with E-state index in [9.17, 15) is 13.2 Å². The summed E-state index contributed by atoms with van der Waals surface area (Å²) < 4.78 is 38.0. The Morgan fingerprint density at radius 3 is 2.55 bits per heavy atom. The van der Waals surface area contributed by atoms with E-state index < -0.39 is 11.2 Å². The van der Waals surface area contributed by atoms with E-state index in [0.717, 1.165) is 11.1 Å². The second-order valence-electron chi connectivity index (χ2n) is 4.41. The summed E-state index contributed by atoms with van der Waals surface area (Å²) in [5, 5.41) is 2.42. The largest absolute Gasteiger partial charge is 0.443 e. The van der Waals surface area contributed by atoms with E-state index in [0.29, 0.717) is 22.8 Å². The van der Waals surface area contributed by atoms with Crippen molar-refractivity contribution in [3.63, 3.8) is 0 Å². The molecule has 0 fully saturated rings. The summed E-state index contributed by atoms with van der Waals surface area (Å²) in [5.74, 6) is 0. The van der Waals surface area contributed by atoms with E-state index in [2.05, 4.69) is 10.3 Å². The van der Waals surface area contributed by atoms with Crippen LogP contribution in [0.4, 0.5) is 13.2 Å². The zero-order valence-electron chi connectivity index (χ0n) is 11.2. The average molecular weight is 300 g/mol. The molecular weight excluding hydrogens is 285 g/mol. The van der Waals surface area contributed by atoms with Crippen molar-refractivity contribution in [2.45, 2.75) is 26.1 Å². The normalized spacial score (nSPS) is 13.4. The topological polar surface area (TPSA) is 24.9 Å². The van der Waals surface area contributed by atoms with Gasteiger partial charge in [0.05, 0.1) is 6.04 Å². The van der Waals surface area contributed by atoms with Gasteiger partial charge in [-0.3, -0.25) is 0 Å². The first-order valence-corrected chi connectivity index (χ1v) is 7.07. The number of rotatable bonds is 4. The minimum Gasteiger partial charge on any atom is -0.306 e. The maximum absolute atomic E-state index is 12.7. The van der Waals surface area contributed by atoms with Crippen LogP contribution in [0.15, 0.2) is 30.5 Å². The molecule has 1 N–H and O–H groups in total. The smallest absolute Gasteiger partial charge is 0.306 e. The number of benzene rings is 1. The van der Waals surface area contributed by atoms with Gasteiger partial charge in [0.15, 0.2) is 5.01 Å². The Morgan fingerprint density at radius 1 is 1.30 bits per heavy atom. The monoisotopic (exact) mass is 300 g/mol. The summed E-state index contributed by atoms with van der Waals surface area (Å²) in [6.45, 7) is 4.54. The van der Waals surface area contributed by atoms with Gasteiger partial charge in [-0.05, 0) is 24.6 Å². The Balaban J connectivity index is 2.39. The highest BCUT2D eigenvalue weighted by Crippen LogP contribution is 2.36. The van der Waals surface area contributed by atoms with Gasteiger partial charge in [0.25, 0.3) is 0 Å². The molecule has 1 aromatic heterocycles. The standard InChI is InChI=1S/C14H15F3N2S/c1-3-18-12(10-7-5-4-6-9(10)2)11-8-19-13(20-11)14(15,16)17/h4-8,12,18H,3H2,1-2H3. The molecule has 2 rings (SSSR count). The molecule has 0 spiro atoms. The van der Waals surface area contributed by atoms with Gasteiger partial charge in [-0.15, -0.1) is 11.3 Å². The first-order chi connectivity index (χ1) is 9.43. The maximum Gasteiger partial charge on any atom is 0.443 e. The molecule has 20 heavy (non-hydrogen) atoms. The molecule has 0 radical (unpaired) electrons. The Morgan fingerprint density at radius 2 is 2.00 bits per heavy atom. The molecule has 0 bridgehead atoms. The molecule has 2 aromatic rings. The third kappa shape index (κ3) is 3.19. The lowest BCUT2D eigenvalue weighted by atomic mass is 10.0. The van der Waals surface area contributed by atoms with Crippen LogP contribution in [0.3, 0.4) is 0 Å². The SMILES string of the molecule is CCNC(c1cnc(C(F)(F)F)s1)c1ccccc1C. The number of hydrogen-bond acceptors (Lipinski definition) is 3. The van der Waals surface area contributed by atoms with Gasteiger partial charge in [0.2, 0.25) is 0 Å². The summed E-state index contributed by atoms with van der Waals surface area (Å²) >= 11 is 0.693. The molecule has 0 aliphatic carbocycles. The molecule has 6 heteroatoms. The summed E-state index contributed by atoms with van der Waals surface area (Å²) in [5.41, 5.74) is 2.02. The van der Waals surface area contributed by atoms with E-state index in [1.165, 1.54) is 6.20 Å². The van der Waals surface area contributed by atoms with Crippen molar-refractivity contribution in [3.05, 3.63) is 51.5 Å². The van der Waals surface area contributed by atoms with Gasteiger partial charge >= 0.3 is 6.18 Å². The van der Waals surface area contributed by atoms with Crippen LogP contribution in [0, 0.1) is 6.92 Å². The highest BCUT2D eigenvalue weighted by molar-refractivity contribution is 7.11. The van der Waals surface area contributed by atoms with Gasteiger partial charge in [-0.25, -0.2) is 4.98 Å². The number of thiazole rings is 1. The fourth-order valence-corrected chi connectivity index (χ4v) is 2.91. The van der Waals surface area contributed by atoms with E-state index in [1.54, 1.807) is 0 Å². The minimum atomic E-state index is -4.38. The summed E-state index contributed by atoms with van der Waals surface area (Å²) in [4.78, 5) is 4.08. The first-order valence-electron chi connectivity index (χ1n) is 6.25. The number of halogens is 3. The van der Waals surface area contributed by atoms with E-state index in [4.69, 9.17) is 0 Å². The Labute approximate surface area is 119 Å². The molecule has 1 unspecified atom stereocenters. The Kier molecular flexibility index (Phi) is 4.45. The van der Waals surface area contributed by atoms with Gasteiger partial charge in [-0.1, -0.05) is 31.2 Å². The fourth-order valence-electron chi connectivity index (χ4n) is 2.03. The molecular formula is C14H15F3N2S. The van der Waals surface area contributed by atoms with E-state index in [1.807, 2.05) is 38.1 Å². The summed E-state index contributed by atoms with van der Waals surface area (Å²) in [6, 6.07) is 7.42. The number of alkyl halides is 3. The number of aryl methyl sites for hydroxylation is 1. The van der Waals surface area contributed by atoms with Crippen molar-refractivity contribution < 1.29 is 13.2 Å². The number of nitrogens with one attached hydrogen (secondary N) is 1. The van der Waals surface area contributed by atoms with Crippen molar-refractivity contribution in [1.29, 1.82) is 0 Å². The van der Waals surface area contributed by atoms with Crippen molar-refractivity contribution in [2.75, 3.05) is 6.54 Å². The number of aromatic nitrogens is 1. The number of nitrogens with zero attached hydrogens (tertiary/aromatic N) is 1.